The van der Waals surface area contributed by atoms with E-state index in [4.69, 9.17) is 0 Å². The summed E-state index contributed by atoms with van der Waals surface area (Å²) < 4.78 is 0. The Labute approximate surface area is 193 Å². The molecule has 2 heterocycles. The van der Waals surface area contributed by atoms with E-state index in [1.807, 2.05) is 59.5 Å². The minimum atomic E-state index is -0.484. The molecule has 1 saturated carbocycles. The minimum absolute atomic E-state index is 0.0233. The number of anilines is 2. The van der Waals surface area contributed by atoms with Crippen molar-refractivity contribution in [2.24, 2.45) is 5.92 Å². The second-order valence-electron chi connectivity index (χ2n) is 9.14. The fourth-order valence-electron chi connectivity index (χ4n) is 5.17. The second-order valence-corrected chi connectivity index (χ2v) is 9.14. The summed E-state index contributed by atoms with van der Waals surface area (Å²) in [7, 11) is 0. The summed E-state index contributed by atoms with van der Waals surface area (Å²) in [6.45, 7) is 0. The van der Waals surface area contributed by atoms with Gasteiger partial charge in [-0.25, -0.2) is 0 Å². The van der Waals surface area contributed by atoms with Crippen LogP contribution in [0.5, 0.6) is 0 Å². The van der Waals surface area contributed by atoms with Crippen molar-refractivity contribution in [2.75, 3.05) is 10.2 Å². The first-order chi connectivity index (χ1) is 16.2. The zero-order valence-electron chi connectivity index (χ0n) is 18.3. The molecule has 2 atom stereocenters. The summed E-state index contributed by atoms with van der Waals surface area (Å²) in [5, 5.41) is 3.58. The van der Waals surface area contributed by atoms with E-state index in [9.17, 15) is 9.59 Å². The van der Waals surface area contributed by atoms with E-state index in [0.29, 0.717) is 12.0 Å². The lowest BCUT2D eigenvalue weighted by Gasteiger charge is -2.35. The number of ketones is 1. The van der Waals surface area contributed by atoms with E-state index >= 15 is 0 Å². The minimum Gasteiger partial charge on any atom is -0.357 e. The summed E-state index contributed by atoms with van der Waals surface area (Å²) >= 11 is 0. The number of allylic oxidation sites excluding steroid dienone is 1. The van der Waals surface area contributed by atoms with Gasteiger partial charge in [-0.15, -0.1) is 0 Å². The Bertz CT molecular complexity index is 1250. The molecule has 0 spiro atoms. The zero-order chi connectivity index (χ0) is 22.4. The summed E-state index contributed by atoms with van der Waals surface area (Å²) in [4.78, 5) is 33.7. The molecule has 1 fully saturated rings. The van der Waals surface area contributed by atoms with Crippen molar-refractivity contribution in [3.05, 3.63) is 102 Å². The van der Waals surface area contributed by atoms with E-state index < -0.39 is 6.04 Å². The van der Waals surface area contributed by atoms with Crippen LogP contribution in [0.15, 0.2) is 90.4 Å². The van der Waals surface area contributed by atoms with Crippen LogP contribution in [-0.4, -0.2) is 16.7 Å². The van der Waals surface area contributed by atoms with Crippen LogP contribution in [0.3, 0.4) is 0 Å². The van der Waals surface area contributed by atoms with Gasteiger partial charge in [0.1, 0.15) is 0 Å². The molecule has 3 aliphatic rings. The van der Waals surface area contributed by atoms with Gasteiger partial charge in [-0.3, -0.25) is 19.5 Å². The average molecular weight is 436 g/mol. The Kier molecular flexibility index (Phi) is 4.83. The molecule has 5 nitrogen and oxygen atoms in total. The third-order valence-corrected chi connectivity index (χ3v) is 6.92. The van der Waals surface area contributed by atoms with Gasteiger partial charge in [-0.1, -0.05) is 48.5 Å². The number of nitrogens with zero attached hydrogens (tertiary/aromatic N) is 2. The predicted octanol–water partition coefficient (Wildman–Crippen LogP) is 5.39. The summed E-state index contributed by atoms with van der Waals surface area (Å²) in [6, 6.07) is 21.5. The Balaban J connectivity index is 1.54. The maximum absolute atomic E-state index is 13.8. The van der Waals surface area contributed by atoms with Crippen LogP contribution in [0.4, 0.5) is 11.4 Å². The van der Waals surface area contributed by atoms with Crippen LogP contribution in [0, 0.1) is 5.92 Å². The number of hydrogen-bond acceptors (Lipinski definition) is 4. The number of carbonyl (C=O) groups excluding carboxylic acids is 2. The molecule has 6 rings (SSSR count). The van der Waals surface area contributed by atoms with E-state index in [0.717, 1.165) is 41.9 Å². The molecule has 2 aromatic carbocycles. The first kappa shape index (κ1) is 19.9. The quantitative estimate of drug-likeness (QED) is 0.599. The number of rotatable bonds is 3. The van der Waals surface area contributed by atoms with Crippen molar-refractivity contribution in [3.8, 4) is 0 Å². The lowest BCUT2D eigenvalue weighted by Crippen LogP contribution is -2.39. The third-order valence-electron chi connectivity index (χ3n) is 6.92. The van der Waals surface area contributed by atoms with E-state index in [1.165, 1.54) is 5.56 Å². The van der Waals surface area contributed by atoms with Gasteiger partial charge in [0.25, 0.3) is 0 Å². The molecule has 1 N–H and O–H groups in total. The normalized spacial score (nSPS) is 22.2. The number of amides is 1. The number of carbonyl (C=O) groups is 2. The van der Waals surface area contributed by atoms with Crippen molar-refractivity contribution in [3.63, 3.8) is 0 Å². The van der Waals surface area contributed by atoms with Crippen LogP contribution < -0.4 is 10.2 Å². The number of fused-ring (bicyclic) bond motifs is 1. The van der Waals surface area contributed by atoms with Gasteiger partial charge in [0.05, 0.1) is 17.4 Å². The van der Waals surface area contributed by atoms with Gasteiger partial charge in [-0.05, 0) is 54.5 Å². The second kappa shape index (κ2) is 8.00. The molecule has 33 heavy (non-hydrogen) atoms. The number of para-hydroxylation sites is 2. The molecule has 1 aliphatic heterocycles. The number of aromatic nitrogens is 1. The molecule has 3 aromatic rings. The lowest BCUT2D eigenvalue weighted by atomic mass is 9.78. The van der Waals surface area contributed by atoms with Crippen molar-refractivity contribution < 1.29 is 9.59 Å². The van der Waals surface area contributed by atoms with E-state index in [2.05, 4.69) is 22.4 Å². The number of benzene rings is 2. The SMILES string of the molecule is O=C1C[C@H](c2ccccc2)CC2=C1[C@@H](c1cccnc1)N(C(=O)C1CC1)c1ccccc1N2. The fraction of sp³-hybridized carbons (Fsp3) is 0.250. The Hall–Kier alpha value is -3.73. The monoisotopic (exact) mass is 435 g/mol. The first-order valence-corrected chi connectivity index (χ1v) is 11.6. The number of Topliss-reactive ketones (excluding diaryl/α,β-unsaturated/α-hetero) is 1. The fourth-order valence-corrected chi connectivity index (χ4v) is 5.17. The van der Waals surface area contributed by atoms with Gasteiger partial charge >= 0.3 is 0 Å². The van der Waals surface area contributed by atoms with Crippen LogP contribution in [0.25, 0.3) is 0 Å². The summed E-state index contributed by atoms with van der Waals surface area (Å²) in [5.41, 5.74) is 5.33. The number of pyridine rings is 1. The van der Waals surface area contributed by atoms with Gasteiger partial charge < -0.3 is 5.32 Å². The Morgan fingerprint density at radius 1 is 0.909 bits per heavy atom. The highest BCUT2D eigenvalue weighted by Gasteiger charge is 2.45. The van der Waals surface area contributed by atoms with Gasteiger partial charge in [0.15, 0.2) is 5.78 Å². The zero-order valence-corrected chi connectivity index (χ0v) is 18.3. The van der Waals surface area contributed by atoms with Crippen LogP contribution in [-0.2, 0) is 9.59 Å². The van der Waals surface area contributed by atoms with Gasteiger partial charge in [0.2, 0.25) is 5.91 Å². The maximum atomic E-state index is 13.8. The largest absolute Gasteiger partial charge is 0.357 e. The summed E-state index contributed by atoms with van der Waals surface area (Å²) in [6.07, 6.45) is 6.47. The van der Waals surface area contributed by atoms with Crippen molar-refractivity contribution >= 4 is 23.1 Å². The molecular formula is C28H25N3O2. The lowest BCUT2D eigenvalue weighted by molar-refractivity contribution is -0.120. The molecular weight excluding hydrogens is 410 g/mol. The molecule has 1 aromatic heterocycles. The highest BCUT2D eigenvalue weighted by Crippen LogP contribution is 2.49. The van der Waals surface area contributed by atoms with Crippen molar-refractivity contribution in [1.29, 1.82) is 0 Å². The summed E-state index contributed by atoms with van der Waals surface area (Å²) in [5.74, 6) is 0.310. The molecule has 0 radical (unpaired) electrons. The van der Waals surface area contributed by atoms with Crippen LogP contribution >= 0.6 is 0 Å². The highest BCUT2D eigenvalue weighted by molar-refractivity contribution is 6.07. The molecule has 0 unspecified atom stereocenters. The standard InChI is InChI=1S/C28H25N3O2/c32-25-16-21(18-7-2-1-3-8-18)15-23-26(25)27(20-9-6-14-29-17-20)31(28(33)19-12-13-19)24-11-5-4-10-22(24)30-23/h1-11,14,17,19,21,27,30H,12-13,15-16H2/t21-,27-/m1/s1. The third kappa shape index (κ3) is 3.54. The smallest absolute Gasteiger partial charge is 0.231 e. The van der Waals surface area contributed by atoms with Crippen LogP contribution in [0.2, 0.25) is 0 Å². The number of nitrogens with one attached hydrogen (secondary N) is 1. The average Bonchev–Trinajstić information content (AvgIpc) is 3.71. The molecule has 5 heteroatoms. The number of hydrogen-bond donors (Lipinski definition) is 1. The molecule has 2 aliphatic carbocycles. The van der Waals surface area contributed by atoms with E-state index in [-0.39, 0.29) is 23.5 Å². The van der Waals surface area contributed by atoms with Gasteiger partial charge in [-0.2, -0.15) is 0 Å². The molecule has 1 amide bonds. The topological polar surface area (TPSA) is 62.3 Å². The molecule has 0 bridgehead atoms. The first-order valence-electron chi connectivity index (χ1n) is 11.6. The maximum Gasteiger partial charge on any atom is 0.231 e. The predicted molar refractivity (Wildman–Crippen MR) is 128 cm³/mol. The van der Waals surface area contributed by atoms with Gasteiger partial charge in [0, 0.05) is 36.0 Å². The Morgan fingerprint density at radius 2 is 1.67 bits per heavy atom. The van der Waals surface area contributed by atoms with Crippen molar-refractivity contribution in [1.82, 2.24) is 4.98 Å². The molecule has 0 saturated heterocycles. The Morgan fingerprint density at radius 3 is 2.42 bits per heavy atom. The van der Waals surface area contributed by atoms with Crippen LogP contribution in [0.1, 0.15) is 48.8 Å². The highest BCUT2D eigenvalue weighted by atomic mass is 16.2. The van der Waals surface area contributed by atoms with E-state index in [1.54, 1.807) is 12.4 Å². The molecule has 164 valence electrons. The van der Waals surface area contributed by atoms with Crippen molar-refractivity contribution in [2.45, 2.75) is 37.6 Å².